The maximum Gasteiger partial charge on any atom is 0.461 e. The van der Waals surface area contributed by atoms with Gasteiger partial charge in [-0.15, -0.1) is 0 Å². The maximum atomic E-state index is 13.6. The van der Waals surface area contributed by atoms with Gasteiger partial charge in [0.2, 0.25) is 0 Å². The summed E-state index contributed by atoms with van der Waals surface area (Å²) in [5, 5.41) is 1.89. The zero-order valence-corrected chi connectivity index (χ0v) is 10.7. The van der Waals surface area contributed by atoms with E-state index >= 15 is 0 Å². The standard InChI is InChI=1S/C12H9F6NO3/c13-9(14)12(17,18)22-7-3-1-6(2-4-7)8-11(15,16)5-21-10(20)19-8/h1-4,8-9H,5H2,(H,19,20)/t8-/m0/s1. The largest absolute Gasteiger partial charge is 0.461 e. The molecule has 1 saturated heterocycles. The van der Waals surface area contributed by atoms with Crippen LogP contribution in [0.25, 0.3) is 0 Å². The lowest BCUT2D eigenvalue weighted by Gasteiger charge is -2.31. The molecule has 1 fully saturated rings. The number of ether oxygens (including phenoxy) is 2. The van der Waals surface area contributed by atoms with Crippen molar-refractivity contribution in [2.24, 2.45) is 0 Å². The lowest BCUT2D eigenvalue weighted by atomic mass is 10.00. The normalized spacial score (nSPS) is 21.2. The molecule has 0 bridgehead atoms. The monoisotopic (exact) mass is 329 g/mol. The van der Waals surface area contributed by atoms with Crippen LogP contribution in [0.3, 0.4) is 0 Å². The van der Waals surface area contributed by atoms with Crippen molar-refractivity contribution in [1.82, 2.24) is 5.32 Å². The summed E-state index contributed by atoms with van der Waals surface area (Å²) in [6, 6.07) is 1.84. The van der Waals surface area contributed by atoms with Crippen LogP contribution >= 0.6 is 0 Å². The van der Waals surface area contributed by atoms with Gasteiger partial charge in [-0.2, -0.15) is 17.6 Å². The fourth-order valence-corrected chi connectivity index (χ4v) is 1.77. The summed E-state index contributed by atoms with van der Waals surface area (Å²) in [6.07, 6.45) is -9.79. The number of rotatable bonds is 4. The first-order chi connectivity index (χ1) is 10.1. The van der Waals surface area contributed by atoms with E-state index in [0.717, 1.165) is 24.3 Å². The highest BCUT2D eigenvalue weighted by atomic mass is 19.3. The number of hydrogen-bond acceptors (Lipinski definition) is 3. The molecule has 122 valence electrons. The van der Waals surface area contributed by atoms with E-state index in [2.05, 4.69) is 9.47 Å². The molecule has 1 atom stereocenters. The van der Waals surface area contributed by atoms with Crippen LogP contribution in [0.15, 0.2) is 24.3 Å². The fourth-order valence-electron chi connectivity index (χ4n) is 1.77. The van der Waals surface area contributed by atoms with E-state index in [0.29, 0.717) is 0 Å². The molecule has 1 amide bonds. The van der Waals surface area contributed by atoms with Crippen LogP contribution in [-0.4, -0.2) is 31.2 Å². The summed E-state index contributed by atoms with van der Waals surface area (Å²) in [5.41, 5.74) is -0.116. The predicted octanol–water partition coefficient (Wildman–Crippen LogP) is 3.34. The van der Waals surface area contributed by atoms with Crippen LogP contribution < -0.4 is 10.1 Å². The molecule has 0 aliphatic carbocycles. The Labute approximate surface area is 120 Å². The Morgan fingerprint density at radius 3 is 2.41 bits per heavy atom. The molecule has 2 rings (SSSR count). The molecular weight excluding hydrogens is 320 g/mol. The van der Waals surface area contributed by atoms with Gasteiger partial charge in [0.05, 0.1) is 0 Å². The Bertz CT molecular complexity index is 548. The minimum Gasteiger partial charge on any atom is -0.443 e. The van der Waals surface area contributed by atoms with Gasteiger partial charge in [-0.25, -0.2) is 13.6 Å². The Morgan fingerprint density at radius 1 is 1.27 bits per heavy atom. The fraction of sp³-hybridized carbons (Fsp3) is 0.417. The summed E-state index contributed by atoms with van der Waals surface area (Å²) in [4.78, 5) is 11.0. The van der Waals surface area contributed by atoms with Crippen molar-refractivity contribution in [2.45, 2.75) is 24.5 Å². The molecule has 1 aliphatic rings. The molecule has 1 aliphatic heterocycles. The third-order valence-corrected chi connectivity index (χ3v) is 2.80. The number of cyclic esters (lactones) is 1. The van der Waals surface area contributed by atoms with Gasteiger partial charge in [0.25, 0.3) is 0 Å². The predicted molar refractivity (Wildman–Crippen MR) is 60.2 cm³/mol. The number of hydrogen-bond donors (Lipinski definition) is 1. The second kappa shape index (κ2) is 5.58. The average molecular weight is 329 g/mol. The zero-order valence-electron chi connectivity index (χ0n) is 10.7. The SMILES string of the molecule is O=C1N[C@@H](c2ccc(OC(F)(F)C(F)F)cc2)C(F)(F)CO1. The Balaban J connectivity index is 2.16. The van der Waals surface area contributed by atoms with Crippen molar-refractivity contribution in [2.75, 3.05) is 6.61 Å². The highest BCUT2D eigenvalue weighted by molar-refractivity contribution is 5.69. The number of halogens is 6. The number of nitrogens with one attached hydrogen (secondary N) is 1. The van der Waals surface area contributed by atoms with E-state index in [-0.39, 0.29) is 5.56 Å². The molecule has 1 heterocycles. The molecule has 1 N–H and O–H groups in total. The average Bonchev–Trinajstić information content (AvgIpc) is 2.42. The highest BCUT2D eigenvalue weighted by Crippen LogP contribution is 2.35. The van der Waals surface area contributed by atoms with Crippen molar-refractivity contribution in [3.8, 4) is 5.75 Å². The minimum atomic E-state index is -4.70. The van der Waals surface area contributed by atoms with Crippen LogP contribution in [-0.2, 0) is 4.74 Å². The van der Waals surface area contributed by atoms with Crippen LogP contribution in [0, 0.1) is 0 Å². The Morgan fingerprint density at radius 2 is 1.86 bits per heavy atom. The van der Waals surface area contributed by atoms with Crippen molar-refractivity contribution < 1.29 is 40.6 Å². The highest BCUT2D eigenvalue weighted by Gasteiger charge is 2.47. The first-order valence-corrected chi connectivity index (χ1v) is 5.88. The van der Waals surface area contributed by atoms with Gasteiger partial charge in [-0.3, -0.25) is 0 Å². The summed E-state index contributed by atoms with van der Waals surface area (Å²) < 4.78 is 84.5. The summed E-state index contributed by atoms with van der Waals surface area (Å²) >= 11 is 0. The maximum absolute atomic E-state index is 13.6. The van der Waals surface area contributed by atoms with Crippen LogP contribution in [0.4, 0.5) is 31.1 Å². The molecule has 0 saturated carbocycles. The van der Waals surface area contributed by atoms with Gasteiger partial charge in [-0.1, -0.05) is 12.1 Å². The third kappa shape index (κ3) is 3.37. The van der Waals surface area contributed by atoms with Crippen LogP contribution in [0.1, 0.15) is 11.6 Å². The molecule has 1 aromatic carbocycles. The first kappa shape index (κ1) is 16.2. The molecule has 10 heteroatoms. The molecular formula is C12H9F6NO3. The molecule has 22 heavy (non-hydrogen) atoms. The molecule has 0 aromatic heterocycles. The second-order valence-corrected chi connectivity index (χ2v) is 4.45. The Kier molecular flexibility index (Phi) is 4.12. The topological polar surface area (TPSA) is 47.6 Å². The summed E-state index contributed by atoms with van der Waals surface area (Å²) in [7, 11) is 0. The minimum absolute atomic E-state index is 0.116. The molecule has 1 aromatic rings. The molecule has 4 nitrogen and oxygen atoms in total. The van der Waals surface area contributed by atoms with Gasteiger partial charge >= 0.3 is 24.5 Å². The van der Waals surface area contributed by atoms with E-state index in [1.807, 2.05) is 5.32 Å². The Hall–Kier alpha value is -2.13. The molecule has 0 spiro atoms. The smallest absolute Gasteiger partial charge is 0.443 e. The van der Waals surface area contributed by atoms with Crippen molar-refractivity contribution in [3.63, 3.8) is 0 Å². The van der Waals surface area contributed by atoms with Crippen LogP contribution in [0.2, 0.25) is 0 Å². The number of alkyl halides is 6. The lowest BCUT2D eigenvalue weighted by Crippen LogP contribution is -2.49. The van der Waals surface area contributed by atoms with E-state index in [1.165, 1.54) is 0 Å². The second-order valence-electron chi connectivity index (χ2n) is 4.45. The number of benzene rings is 1. The number of carbonyl (C=O) groups is 1. The first-order valence-electron chi connectivity index (χ1n) is 5.88. The van der Waals surface area contributed by atoms with Gasteiger partial charge < -0.3 is 14.8 Å². The number of carbonyl (C=O) groups excluding carboxylic acids is 1. The summed E-state index contributed by atoms with van der Waals surface area (Å²) in [5.74, 6) is -4.04. The van der Waals surface area contributed by atoms with E-state index < -0.39 is 42.9 Å². The van der Waals surface area contributed by atoms with E-state index in [9.17, 15) is 31.1 Å². The quantitative estimate of drug-likeness (QED) is 0.862. The number of amides is 1. The van der Waals surface area contributed by atoms with Gasteiger partial charge in [0.1, 0.15) is 11.8 Å². The van der Waals surface area contributed by atoms with Crippen LogP contribution in [0.5, 0.6) is 5.75 Å². The van der Waals surface area contributed by atoms with Crippen molar-refractivity contribution in [3.05, 3.63) is 29.8 Å². The van der Waals surface area contributed by atoms with Crippen molar-refractivity contribution in [1.29, 1.82) is 0 Å². The van der Waals surface area contributed by atoms with E-state index in [4.69, 9.17) is 0 Å². The van der Waals surface area contributed by atoms with Gasteiger partial charge in [0, 0.05) is 0 Å². The van der Waals surface area contributed by atoms with Gasteiger partial charge in [0.15, 0.2) is 6.61 Å². The molecule has 0 radical (unpaired) electrons. The molecule has 0 unspecified atom stereocenters. The lowest BCUT2D eigenvalue weighted by molar-refractivity contribution is -0.253. The third-order valence-electron chi connectivity index (χ3n) is 2.80. The number of alkyl carbamates (subject to hydrolysis) is 1. The summed E-state index contributed by atoms with van der Waals surface area (Å²) in [6.45, 7) is -1.13. The van der Waals surface area contributed by atoms with Crippen molar-refractivity contribution >= 4 is 6.09 Å². The zero-order chi connectivity index (χ0) is 16.5. The van der Waals surface area contributed by atoms with Gasteiger partial charge in [-0.05, 0) is 17.7 Å². The van der Waals surface area contributed by atoms with E-state index in [1.54, 1.807) is 0 Å².